The summed E-state index contributed by atoms with van der Waals surface area (Å²) in [5.41, 5.74) is 0. The van der Waals surface area contributed by atoms with Crippen molar-refractivity contribution in [3.05, 3.63) is 0 Å². The summed E-state index contributed by atoms with van der Waals surface area (Å²) in [6, 6.07) is 0. The lowest BCUT2D eigenvalue weighted by Gasteiger charge is -2.21. The van der Waals surface area contributed by atoms with Crippen LogP contribution in [-0.4, -0.2) is 61.8 Å². The predicted octanol–water partition coefficient (Wildman–Crippen LogP) is 1.11. The number of carboxylic acid groups (broad SMARTS) is 1. The third-order valence-corrected chi connectivity index (χ3v) is 2.97. The largest absolute Gasteiger partial charge is 0.481 e. The molecule has 0 fully saturated rings. The summed E-state index contributed by atoms with van der Waals surface area (Å²) in [6.45, 7) is 4.55. The van der Waals surface area contributed by atoms with Crippen LogP contribution in [0.15, 0.2) is 0 Å². The van der Waals surface area contributed by atoms with Gasteiger partial charge < -0.3 is 15.2 Å². The van der Waals surface area contributed by atoms with E-state index in [4.69, 9.17) is 9.84 Å². The molecule has 0 saturated heterocycles. The van der Waals surface area contributed by atoms with Crippen LogP contribution < -0.4 is 5.32 Å². The average Bonchev–Trinajstić information content (AvgIpc) is 2.40. The van der Waals surface area contributed by atoms with Crippen LogP contribution in [0.25, 0.3) is 0 Å². The van der Waals surface area contributed by atoms with E-state index in [1.807, 2.05) is 4.90 Å². The number of hydrogen-bond donors (Lipinski definition) is 2. The van der Waals surface area contributed by atoms with Gasteiger partial charge in [-0.15, -0.1) is 0 Å². The first-order valence-electron chi connectivity index (χ1n) is 7.30. The maximum Gasteiger partial charge on any atom is 0.304 e. The second-order valence-corrected chi connectivity index (χ2v) is 4.82. The number of aliphatic carboxylic acids is 1. The molecule has 0 bridgehead atoms. The SMILES string of the molecule is CCCCCCN(CCC(=O)O)CC(=O)NCCOC. The molecule has 0 aromatic rings. The third-order valence-electron chi connectivity index (χ3n) is 2.97. The maximum absolute atomic E-state index is 11.7. The van der Waals surface area contributed by atoms with Crippen LogP contribution in [0, 0.1) is 0 Å². The lowest BCUT2D eigenvalue weighted by atomic mass is 10.2. The number of carbonyl (C=O) groups excluding carboxylic acids is 1. The van der Waals surface area contributed by atoms with Crippen molar-refractivity contribution in [2.45, 2.75) is 39.0 Å². The zero-order chi connectivity index (χ0) is 15.2. The van der Waals surface area contributed by atoms with Crippen LogP contribution in [0.2, 0.25) is 0 Å². The van der Waals surface area contributed by atoms with E-state index in [2.05, 4.69) is 12.2 Å². The quantitative estimate of drug-likeness (QED) is 0.496. The number of nitrogens with one attached hydrogen (secondary N) is 1. The topological polar surface area (TPSA) is 78.9 Å². The Labute approximate surface area is 121 Å². The molecule has 6 nitrogen and oxygen atoms in total. The first-order valence-corrected chi connectivity index (χ1v) is 7.30. The Morgan fingerprint density at radius 2 is 1.95 bits per heavy atom. The monoisotopic (exact) mass is 288 g/mol. The van der Waals surface area contributed by atoms with E-state index >= 15 is 0 Å². The molecule has 0 aromatic heterocycles. The Morgan fingerprint density at radius 3 is 2.55 bits per heavy atom. The van der Waals surface area contributed by atoms with Gasteiger partial charge >= 0.3 is 5.97 Å². The van der Waals surface area contributed by atoms with Crippen LogP contribution in [0.4, 0.5) is 0 Å². The van der Waals surface area contributed by atoms with Gasteiger partial charge in [-0.3, -0.25) is 14.5 Å². The molecule has 6 heteroatoms. The van der Waals surface area contributed by atoms with Crippen LogP contribution >= 0.6 is 0 Å². The molecule has 0 unspecified atom stereocenters. The van der Waals surface area contributed by atoms with Gasteiger partial charge in [-0.1, -0.05) is 26.2 Å². The van der Waals surface area contributed by atoms with Gasteiger partial charge in [-0.2, -0.15) is 0 Å². The smallest absolute Gasteiger partial charge is 0.304 e. The second-order valence-electron chi connectivity index (χ2n) is 4.82. The fraction of sp³-hybridized carbons (Fsp3) is 0.857. The minimum absolute atomic E-state index is 0.0686. The van der Waals surface area contributed by atoms with E-state index in [0.29, 0.717) is 19.7 Å². The fourth-order valence-corrected chi connectivity index (χ4v) is 1.84. The summed E-state index contributed by atoms with van der Waals surface area (Å²) < 4.78 is 4.86. The average molecular weight is 288 g/mol. The number of amides is 1. The summed E-state index contributed by atoms with van der Waals surface area (Å²) in [6.07, 6.45) is 4.52. The molecular formula is C14H28N2O4. The van der Waals surface area contributed by atoms with Gasteiger partial charge in [0, 0.05) is 20.2 Å². The summed E-state index contributed by atoms with van der Waals surface area (Å²) >= 11 is 0. The van der Waals surface area contributed by atoms with Crippen LogP contribution in [-0.2, 0) is 14.3 Å². The van der Waals surface area contributed by atoms with Crippen molar-refractivity contribution in [2.24, 2.45) is 0 Å². The second kappa shape index (κ2) is 12.9. The molecule has 20 heavy (non-hydrogen) atoms. The van der Waals surface area contributed by atoms with Crippen molar-refractivity contribution in [1.29, 1.82) is 0 Å². The van der Waals surface area contributed by atoms with Crippen molar-refractivity contribution < 1.29 is 19.4 Å². The van der Waals surface area contributed by atoms with Gasteiger partial charge in [-0.25, -0.2) is 0 Å². The van der Waals surface area contributed by atoms with E-state index in [0.717, 1.165) is 25.8 Å². The van der Waals surface area contributed by atoms with E-state index in [1.165, 1.54) is 6.42 Å². The summed E-state index contributed by atoms with van der Waals surface area (Å²) in [7, 11) is 1.58. The highest BCUT2D eigenvalue weighted by molar-refractivity contribution is 5.78. The molecule has 0 spiro atoms. The number of hydrogen-bond acceptors (Lipinski definition) is 4. The summed E-state index contributed by atoms with van der Waals surface area (Å²) in [4.78, 5) is 24.2. The number of rotatable bonds is 13. The van der Waals surface area contributed by atoms with Gasteiger partial charge in [-0.05, 0) is 13.0 Å². The fourth-order valence-electron chi connectivity index (χ4n) is 1.84. The Bertz CT molecular complexity index is 272. The number of nitrogens with zero attached hydrogens (tertiary/aromatic N) is 1. The zero-order valence-corrected chi connectivity index (χ0v) is 12.7. The lowest BCUT2D eigenvalue weighted by molar-refractivity contribution is -0.137. The van der Waals surface area contributed by atoms with Gasteiger partial charge in [0.25, 0.3) is 0 Å². The van der Waals surface area contributed by atoms with Crippen LogP contribution in [0.1, 0.15) is 39.0 Å². The number of carboxylic acids is 1. The number of carbonyl (C=O) groups is 2. The summed E-state index contributed by atoms with van der Waals surface area (Å²) in [5.74, 6) is -0.911. The molecule has 2 N–H and O–H groups in total. The van der Waals surface area contributed by atoms with E-state index in [1.54, 1.807) is 7.11 Å². The van der Waals surface area contributed by atoms with Crippen molar-refractivity contribution in [2.75, 3.05) is 39.9 Å². The molecule has 118 valence electrons. The van der Waals surface area contributed by atoms with Crippen molar-refractivity contribution >= 4 is 11.9 Å². The third kappa shape index (κ3) is 11.9. The Morgan fingerprint density at radius 1 is 1.20 bits per heavy atom. The molecular weight excluding hydrogens is 260 g/mol. The standard InChI is InChI=1S/C14H28N2O4/c1-3-4-5-6-9-16(10-7-14(18)19)12-13(17)15-8-11-20-2/h3-12H2,1-2H3,(H,15,17)(H,18,19). The minimum atomic E-state index is -0.830. The predicted molar refractivity (Wildman–Crippen MR) is 77.7 cm³/mol. The van der Waals surface area contributed by atoms with Crippen molar-refractivity contribution in [3.8, 4) is 0 Å². The highest BCUT2D eigenvalue weighted by Gasteiger charge is 2.11. The Balaban J connectivity index is 4.01. The van der Waals surface area contributed by atoms with E-state index < -0.39 is 5.97 Å². The molecule has 0 radical (unpaired) electrons. The first kappa shape index (κ1) is 18.9. The van der Waals surface area contributed by atoms with Crippen molar-refractivity contribution in [1.82, 2.24) is 10.2 Å². The highest BCUT2D eigenvalue weighted by Crippen LogP contribution is 2.02. The number of unbranched alkanes of at least 4 members (excludes halogenated alkanes) is 3. The van der Waals surface area contributed by atoms with Gasteiger partial charge in [0.2, 0.25) is 5.91 Å². The Hall–Kier alpha value is -1.14. The molecule has 0 aliphatic carbocycles. The molecule has 0 aromatic carbocycles. The van der Waals surface area contributed by atoms with Crippen molar-refractivity contribution in [3.63, 3.8) is 0 Å². The number of methoxy groups -OCH3 is 1. The summed E-state index contributed by atoms with van der Waals surface area (Å²) in [5, 5.41) is 11.5. The maximum atomic E-state index is 11.7. The van der Waals surface area contributed by atoms with Gasteiger partial charge in [0.05, 0.1) is 19.6 Å². The molecule has 0 rings (SSSR count). The van der Waals surface area contributed by atoms with Crippen LogP contribution in [0.3, 0.4) is 0 Å². The molecule has 0 heterocycles. The molecule has 0 saturated carbocycles. The molecule has 0 atom stereocenters. The normalized spacial score (nSPS) is 10.8. The van der Waals surface area contributed by atoms with Gasteiger partial charge in [0.15, 0.2) is 0 Å². The lowest BCUT2D eigenvalue weighted by Crippen LogP contribution is -2.39. The number of ether oxygens (including phenoxy) is 1. The molecule has 0 aliphatic rings. The zero-order valence-electron chi connectivity index (χ0n) is 12.7. The van der Waals surface area contributed by atoms with Gasteiger partial charge in [0.1, 0.15) is 0 Å². The minimum Gasteiger partial charge on any atom is -0.481 e. The molecule has 1 amide bonds. The Kier molecular flexibility index (Phi) is 12.1. The van der Waals surface area contributed by atoms with E-state index in [-0.39, 0.29) is 18.9 Å². The highest BCUT2D eigenvalue weighted by atomic mass is 16.5. The first-order chi connectivity index (χ1) is 9.60. The van der Waals surface area contributed by atoms with E-state index in [9.17, 15) is 9.59 Å². The van der Waals surface area contributed by atoms with Crippen LogP contribution in [0.5, 0.6) is 0 Å². The molecule has 0 aliphatic heterocycles.